The molecule has 0 bridgehead atoms. The molecular weight excluding hydrogens is 224 g/mol. The molecule has 0 aromatic carbocycles. The van der Waals surface area contributed by atoms with E-state index in [0.29, 0.717) is 5.25 Å². The first kappa shape index (κ1) is 11.4. The van der Waals surface area contributed by atoms with Gasteiger partial charge in [0, 0.05) is 17.8 Å². The number of rotatable bonds is 4. The topological polar surface area (TPSA) is 38.9 Å². The largest absolute Gasteiger partial charge is 0.327 e. The summed E-state index contributed by atoms with van der Waals surface area (Å²) in [6.07, 6.45) is 4.62. The van der Waals surface area contributed by atoms with Crippen LogP contribution in [0.4, 0.5) is 0 Å². The van der Waals surface area contributed by atoms with Crippen molar-refractivity contribution in [3.05, 3.63) is 16.1 Å². The maximum Gasteiger partial charge on any atom is 0.106 e. The van der Waals surface area contributed by atoms with E-state index in [0.717, 1.165) is 12.8 Å². The lowest BCUT2D eigenvalue weighted by molar-refractivity contribution is 0.637. The summed E-state index contributed by atoms with van der Waals surface area (Å²) in [4.78, 5) is 4.70. The SMILES string of the molecule is CCC(N)Cc1csc(C2CCCS2)n1. The highest BCUT2D eigenvalue weighted by molar-refractivity contribution is 7.99. The molecule has 1 aromatic heterocycles. The van der Waals surface area contributed by atoms with Gasteiger partial charge in [-0.15, -0.1) is 11.3 Å². The van der Waals surface area contributed by atoms with E-state index >= 15 is 0 Å². The first-order valence-electron chi connectivity index (χ1n) is 5.61. The average Bonchev–Trinajstić information content (AvgIpc) is 2.85. The van der Waals surface area contributed by atoms with Gasteiger partial charge < -0.3 is 5.73 Å². The van der Waals surface area contributed by atoms with E-state index in [4.69, 9.17) is 10.7 Å². The van der Waals surface area contributed by atoms with Gasteiger partial charge in [-0.1, -0.05) is 6.92 Å². The van der Waals surface area contributed by atoms with Gasteiger partial charge in [-0.2, -0.15) is 11.8 Å². The predicted molar refractivity (Wildman–Crippen MR) is 68.5 cm³/mol. The fourth-order valence-electron chi connectivity index (χ4n) is 1.75. The number of thioether (sulfide) groups is 1. The van der Waals surface area contributed by atoms with Crippen molar-refractivity contribution in [3.8, 4) is 0 Å². The van der Waals surface area contributed by atoms with Gasteiger partial charge in [0.05, 0.1) is 10.9 Å². The number of hydrogen-bond donors (Lipinski definition) is 1. The van der Waals surface area contributed by atoms with Gasteiger partial charge in [0.2, 0.25) is 0 Å². The Hall–Kier alpha value is -0.0600. The molecule has 1 aromatic rings. The molecule has 2 atom stereocenters. The van der Waals surface area contributed by atoms with Crippen LogP contribution in [0.2, 0.25) is 0 Å². The quantitative estimate of drug-likeness (QED) is 0.882. The molecule has 2 heterocycles. The molecule has 2 rings (SSSR count). The van der Waals surface area contributed by atoms with Crippen LogP contribution in [0, 0.1) is 0 Å². The van der Waals surface area contributed by atoms with Crippen molar-refractivity contribution >= 4 is 23.1 Å². The minimum absolute atomic E-state index is 0.274. The van der Waals surface area contributed by atoms with Gasteiger partial charge in [0.25, 0.3) is 0 Å². The fraction of sp³-hybridized carbons (Fsp3) is 0.727. The lowest BCUT2D eigenvalue weighted by atomic mass is 10.1. The zero-order valence-electron chi connectivity index (χ0n) is 9.11. The van der Waals surface area contributed by atoms with Crippen molar-refractivity contribution < 1.29 is 0 Å². The van der Waals surface area contributed by atoms with Crippen molar-refractivity contribution in [2.45, 2.75) is 43.9 Å². The second-order valence-corrected chi connectivity index (χ2v) is 6.25. The van der Waals surface area contributed by atoms with Crippen molar-refractivity contribution in [3.63, 3.8) is 0 Å². The molecule has 1 fully saturated rings. The summed E-state index contributed by atoms with van der Waals surface area (Å²) in [6.45, 7) is 2.13. The second kappa shape index (κ2) is 5.32. The molecule has 4 heteroatoms. The summed E-state index contributed by atoms with van der Waals surface area (Å²) < 4.78 is 0. The molecule has 84 valence electrons. The van der Waals surface area contributed by atoms with E-state index in [1.54, 1.807) is 0 Å². The van der Waals surface area contributed by atoms with E-state index in [9.17, 15) is 0 Å². The van der Waals surface area contributed by atoms with Crippen LogP contribution in [0.5, 0.6) is 0 Å². The third kappa shape index (κ3) is 2.95. The zero-order valence-corrected chi connectivity index (χ0v) is 10.7. The number of thiazole rings is 1. The molecule has 0 amide bonds. The van der Waals surface area contributed by atoms with E-state index in [-0.39, 0.29) is 6.04 Å². The molecule has 1 aliphatic rings. The highest BCUT2D eigenvalue weighted by Gasteiger charge is 2.20. The Kier molecular flexibility index (Phi) is 4.05. The maximum absolute atomic E-state index is 5.93. The van der Waals surface area contributed by atoms with E-state index in [1.807, 2.05) is 11.3 Å². The molecule has 2 nitrogen and oxygen atoms in total. The number of hydrogen-bond acceptors (Lipinski definition) is 4. The van der Waals surface area contributed by atoms with Gasteiger partial charge in [-0.25, -0.2) is 4.98 Å². The maximum atomic E-state index is 5.93. The molecule has 0 spiro atoms. The van der Waals surface area contributed by atoms with Crippen LogP contribution >= 0.6 is 23.1 Å². The first-order valence-corrected chi connectivity index (χ1v) is 7.54. The van der Waals surface area contributed by atoms with Crippen molar-refractivity contribution in [1.29, 1.82) is 0 Å². The molecular formula is C11H18N2S2. The minimum atomic E-state index is 0.274. The fourth-order valence-corrected chi connectivity index (χ4v) is 4.11. The molecule has 1 saturated heterocycles. The van der Waals surface area contributed by atoms with Gasteiger partial charge in [-0.3, -0.25) is 0 Å². The Morgan fingerprint density at radius 1 is 1.67 bits per heavy atom. The number of aromatic nitrogens is 1. The van der Waals surface area contributed by atoms with Crippen molar-refractivity contribution in [2.24, 2.45) is 5.73 Å². The van der Waals surface area contributed by atoms with Gasteiger partial charge in [0.15, 0.2) is 0 Å². The highest BCUT2D eigenvalue weighted by Crippen LogP contribution is 2.40. The Labute approximate surface area is 99.7 Å². The van der Waals surface area contributed by atoms with Gasteiger partial charge >= 0.3 is 0 Å². The van der Waals surface area contributed by atoms with Crippen LogP contribution in [0.3, 0.4) is 0 Å². The lowest BCUT2D eigenvalue weighted by Gasteiger charge is -2.05. The predicted octanol–water partition coefficient (Wildman–Crippen LogP) is 2.99. The third-order valence-electron chi connectivity index (χ3n) is 2.77. The molecule has 2 unspecified atom stereocenters. The zero-order chi connectivity index (χ0) is 10.7. The summed E-state index contributed by atoms with van der Waals surface area (Å²) in [7, 11) is 0. The summed E-state index contributed by atoms with van der Waals surface area (Å²) in [5.74, 6) is 1.30. The first-order chi connectivity index (χ1) is 7.29. The summed E-state index contributed by atoms with van der Waals surface area (Å²) in [6, 6.07) is 0.274. The molecule has 15 heavy (non-hydrogen) atoms. The summed E-state index contributed by atoms with van der Waals surface area (Å²) >= 11 is 3.86. The minimum Gasteiger partial charge on any atom is -0.327 e. The van der Waals surface area contributed by atoms with Crippen LogP contribution in [0.25, 0.3) is 0 Å². The number of nitrogens with two attached hydrogens (primary N) is 1. The summed E-state index contributed by atoms with van der Waals surface area (Å²) in [5, 5.41) is 4.17. The third-order valence-corrected chi connectivity index (χ3v) is 5.31. The monoisotopic (exact) mass is 242 g/mol. The van der Waals surface area contributed by atoms with Crippen LogP contribution < -0.4 is 5.73 Å². The normalized spacial score (nSPS) is 23.2. The Morgan fingerprint density at radius 2 is 2.53 bits per heavy atom. The molecule has 0 saturated carbocycles. The standard InChI is InChI=1S/C11H18N2S2/c1-2-8(12)6-9-7-15-11(13-9)10-4-3-5-14-10/h7-8,10H,2-6,12H2,1H3. The Balaban J connectivity index is 1.97. The van der Waals surface area contributed by atoms with Crippen LogP contribution in [-0.4, -0.2) is 16.8 Å². The van der Waals surface area contributed by atoms with Crippen LogP contribution in [0.15, 0.2) is 5.38 Å². The van der Waals surface area contributed by atoms with E-state index in [1.165, 1.54) is 29.3 Å². The Bertz CT molecular complexity index is 305. The van der Waals surface area contributed by atoms with Crippen LogP contribution in [0.1, 0.15) is 42.1 Å². The summed E-state index contributed by atoms with van der Waals surface area (Å²) in [5.41, 5.74) is 7.12. The highest BCUT2D eigenvalue weighted by atomic mass is 32.2. The average molecular weight is 242 g/mol. The van der Waals surface area contributed by atoms with Crippen molar-refractivity contribution in [2.75, 3.05) is 5.75 Å². The van der Waals surface area contributed by atoms with Gasteiger partial charge in [-0.05, 0) is 25.0 Å². The smallest absolute Gasteiger partial charge is 0.106 e. The van der Waals surface area contributed by atoms with Crippen LogP contribution in [-0.2, 0) is 6.42 Å². The van der Waals surface area contributed by atoms with E-state index < -0.39 is 0 Å². The Morgan fingerprint density at radius 3 is 3.20 bits per heavy atom. The van der Waals surface area contributed by atoms with Gasteiger partial charge in [0.1, 0.15) is 5.01 Å². The molecule has 1 aliphatic heterocycles. The second-order valence-electron chi connectivity index (χ2n) is 4.05. The molecule has 2 N–H and O–H groups in total. The molecule has 0 radical (unpaired) electrons. The van der Waals surface area contributed by atoms with E-state index in [2.05, 4.69) is 24.1 Å². The molecule has 0 aliphatic carbocycles. The number of nitrogens with zero attached hydrogens (tertiary/aromatic N) is 1. The van der Waals surface area contributed by atoms with Crippen molar-refractivity contribution in [1.82, 2.24) is 4.98 Å². The lowest BCUT2D eigenvalue weighted by Crippen LogP contribution is -2.21.